The molecule has 0 bridgehead atoms. The molecule has 0 heterocycles. The number of nitrogens with zero attached hydrogens (tertiary/aromatic N) is 1. The van der Waals surface area contributed by atoms with Crippen LogP contribution in [0.25, 0.3) is 11.6 Å². The molecule has 2 aromatic rings. The fourth-order valence-electron chi connectivity index (χ4n) is 2.90. The van der Waals surface area contributed by atoms with Gasteiger partial charge in [-0.25, -0.2) is 0 Å². The quantitative estimate of drug-likeness (QED) is 0.519. The van der Waals surface area contributed by atoms with Crippen molar-refractivity contribution in [3.63, 3.8) is 0 Å². The zero-order valence-corrected chi connectivity index (χ0v) is 17.3. The molecule has 0 aliphatic carbocycles. The summed E-state index contributed by atoms with van der Waals surface area (Å²) in [6.45, 7) is 0.838. The first-order valence-corrected chi connectivity index (χ1v) is 8.76. The van der Waals surface area contributed by atoms with E-state index < -0.39 is 0 Å². The molecule has 0 aromatic heterocycles. The highest BCUT2D eigenvalue weighted by atomic mass is 16.5. The van der Waals surface area contributed by atoms with Crippen molar-refractivity contribution in [1.29, 1.82) is 0 Å². The van der Waals surface area contributed by atoms with Gasteiger partial charge in [0.25, 0.3) is 0 Å². The maximum Gasteiger partial charge on any atom is 0.203 e. The lowest BCUT2D eigenvalue weighted by Gasteiger charge is -2.26. The number of hydrogen-bond donors (Lipinski definition) is 0. The maximum atomic E-state index is 5.53. The molecule has 27 heavy (non-hydrogen) atoms. The van der Waals surface area contributed by atoms with E-state index in [1.165, 1.54) is 5.57 Å². The minimum atomic E-state index is 0.595. The second-order valence-electron chi connectivity index (χ2n) is 7.31. The molecule has 0 spiro atoms. The second-order valence-corrected chi connectivity index (χ2v) is 7.31. The Bertz CT molecular complexity index is 764. The van der Waals surface area contributed by atoms with E-state index in [9.17, 15) is 0 Å². The van der Waals surface area contributed by atoms with E-state index in [0.717, 1.165) is 27.9 Å². The number of likely N-dealkylation sites (N-methyl/N-ethyl adjacent to an activating group) is 1. The van der Waals surface area contributed by atoms with Crippen LogP contribution in [0.2, 0.25) is 0 Å². The lowest BCUT2D eigenvalue weighted by molar-refractivity contribution is -0.862. The predicted octanol–water partition coefficient (Wildman–Crippen LogP) is 3.97. The highest BCUT2D eigenvalue weighted by Gasteiger charge is 2.19. The molecule has 2 rings (SSSR count). The van der Waals surface area contributed by atoms with E-state index >= 15 is 0 Å². The zero-order valence-electron chi connectivity index (χ0n) is 17.3. The Morgan fingerprint density at radius 1 is 0.815 bits per heavy atom. The lowest BCUT2D eigenvalue weighted by atomic mass is 10.0. The Balaban J connectivity index is 2.58. The van der Waals surface area contributed by atoms with Crippen molar-refractivity contribution in [2.45, 2.75) is 0 Å². The van der Waals surface area contributed by atoms with Crippen molar-refractivity contribution in [2.24, 2.45) is 0 Å². The first-order valence-electron chi connectivity index (χ1n) is 8.76. The average molecular weight is 372 g/mol. The molecule has 0 unspecified atom stereocenters. The first kappa shape index (κ1) is 20.6. The van der Waals surface area contributed by atoms with Gasteiger partial charge < -0.3 is 23.4 Å². The van der Waals surface area contributed by atoms with Gasteiger partial charge in [0.2, 0.25) is 5.75 Å². The number of hydrogen-bond acceptors (Lipinski definition) is 4. The number of methoxy groups -OCH3 is 4. The number of rotatable bonds is 8. The molecule has 0 saturated carbocycles. The van der Waals surface area contributed by atoms with Crippen LogP contribution in [0.15, 0.2) is 36.4 Å². The van der Waals surface area contributed by atoms with Gasteiger partial charge in [0.05, 0.1) is 49.6 Å². The fourth-order valence-corrected chi connectivity index (χ4v) is 2.90. The van der Waals surface area contributed by atoms with Crippen molar-refractivity contribution < 1.29 is 23.4 Å². The second kappa shape index (κ2) is 8.82. The van der Waals surface area contributed by atoms with Gasteiger partial charge in [0.1, 0.15) is 12.3 Å². The molecule has 0 saturated heterocycles. The number of ether oxygens (including phenoxy) is 4. The third-order valence-electron chi connectivity index (χ3n) is 4.14. The highest BCUT2D eigenvalue weighted by molar-refractivity contribution is 5.84. The van der Waals surface area contributed by atoms with Gasteiger partial charge in [-0.1, -0.05) is 12.1 Å². The largest absolute Gasteiger partial charge is 0.497 e. The summed E-state index contributed by atoms with van der Waals surface area (Å²) in [6, 6.07) is 12.0. The van der Waals surface area contributed by atoms with E-state index in [1.54, 1.807) is 28.4 Å². The van der Waals surface area contributed by atoms with Gasteiger partial charge in [0, 0.05) is 5.57 Å². The Labute approximate surface area is 162 Å². The Kier molecular flexibility index (Phi) is 6.75. The summed E-state index contributed by atoms with van der Waals surface area (Å²) in [4.78, 5) is 0. The smallest absolute Gasteiger partial charge is 0.203 e. The molecule has 0 aliphatic heterocycles. The number of quaternary nitrogens is 1. The molecular formula is C22H30NO4+. The molecule has 0 fully saturated rings. The molecule has 146 valence electrons. The SMILES string of the molecule is COc1ccc(/C=C(/C[N+](C)(C)C)c2cc(OC)c(OC)c(OC)c2)cc1. The zero-order chi connectivity index (χ0) is 20.0. The van der Waals surface area contributed by atoms with Crippen LogP contribution in [-0.4, -0.2) is 60.6 Å². The minimum absolute atomic E-state index is 0.595. The highest BCUT2D eigenvalue weighted by Crippen LogP contribution is 2.40. The summed E-state index contributed by atoms with van der Waals surface area (Å²) in [5.41, 5.74) is 3.31. The van der Waals surface area contributed by atoms with Crippen molar-refractivity contribution in [3.05, 3.63) is 47.5 Å². The van der Waals surface area contributed by atoms with E-state index in [0.29, 0.717) is 17.2 Å². The van der Waals surface area contributed by atoms with E-state index in [4.69, 9.17) is 18.9 Å². The summed E-state index contributed by atoms with van der Waals surface area (Å²) < 4.78 is 22.5. The van der Waals surface area contributed by atoms with Crippen LogP contribution in [-0.2, 0) is 0 Å². The summed E-state index contributed by atoms with van der Waals surface area (Å²) in [5.74, 6) is 2.73. The van der Waals surface area contributed by atoms with Gasteiger partial charge in [-0.3, -0.25) is 0 Å². The van der Waals surface area contributed by atoms with Crippen molar-refractivity contribution in [3.8, 4) is 23.0 Å². The maximum absolute atomic E-state index is 5.53. The van der Waals surface area contributed by atoms with Crippen molar-refractivity contribution >= 4 is 11.6 Å². The molecule has 0 aliphatic rings. The van der Waals surface area contributed by atoms with E-state index in [2.05, 4.69) is 27.2 Å². The summed E-state index contributed by atoms with van der Waals surface area (Å²) in [5, 5.41) is 0. The molecular weight excluding hydrogens is 342 g/mol. The average Bonchev–Trinajstić information content (AvgIpc) is 2.65. The lowest BCUT2D eigenvalue weighted by Crippen LogP contribution is -2.35. The van der Waals surface area contributed by atoms with Gasteiger partial charge in [-0.15, -0.1) is 0 Å². The van der Waals surface area contributed by atoms with E-state index in [-0.39, 0.29) is 0 Å². The van der Waals surface area contributed by atoms with Crippen molar-refractivity contribution in [1.82, 2.24) is 0 Å². The molecule has 0 N–H and O–H groups in total. The monoisotopic (exact) mass is 372 g/mol. The van der Waals surface area contributed by atoms with Crippen LogP contribution in [0.3, 0.4) is 0 Å². The first-order chi connectivity index (χ1) is 12.8. The molecule has 0 atom stereocenters. The minimum Gasteiger partial charge on any atom is -0.497 e. The van der Waals surface area contributed by atoms with Gasteiger partial charge in [0.15, 0.2) is 11.5 Å². The Morgan fingerprint density at radius 2 is 1.37 bits per heavy atom. The number of benzene rings is 2. The normalized spacial score (nSPS) is 11.9. The van der Waals surface area contributed by atoms with Crippen LogP contribution in [0.1, 0.15) is 11.1 Å². The van der Waals surface area contributed by atoms with Crippen LogP contribution >= 0.6 is 0 Å². The standard InChI is InChI=1S/C22H30NO4/c1-23(2,3)15-18(12-16-8-10-19(24-4)11-9-16)17-13-20(25-5)22(27-7)21(14-17)26-6/h8-14H,15H2,1-7H3/q+1/b18-12-. The molecule has 5 nitrogen and oxygen atoms in total. The van der Waals surface area contributed by atoms with Crippen LogP contribution in [0.5, 0.6) is 23.0 Å². The Hall–Kier alpha value is -2.66. The van der Waals surface area contributed by atoms with Crippen LogP contribution < -0.4 is 18.9 Å². The summed E-state index contributed by atoms with van der Waals surface area (Å²) in [6.07, 6.45) is 2.18. The van der Waals surface area contributed by atoms with Gasteiger partial charge in [-0.2, -0.15) is 0 Å². The molecule has 0 radical (unpaired) electrons. The van der Waals surface area contributed by atoms with Gasteiger partial charge >= 0.3 is 0 Å². The topological polar surface area (TPSA) is 36.9 Å². The summed E-state index contributed by atoms with van der Waals surface area (Å²) >= 11 is 0. The fraction of sp³-hybridized carbons (Fsp3) is 0.364. The third kappa shape index (κ3) is 5.41. The Morgan fingerprint density at radius 3 is 1.78 bits per heavy atom. The predicted molar refractivity (Wildman–Crippen MR) is 110 cm³/mol. The van der Waals surface area contributed by atoms with Crippen LogP contribution in [0.4, 0.5) is 0 Å². The van der Waals surface area contributed by atoms with E-state index in [1.807, 2.05) is 36.4 Å². The van der Waals surface area contributed by atoms with Crippen molar-refractivity contribution in [2.75, 3.05) is 56.1 Å². The molecule has 2 aromatic carbocycles. The molecule has 5 heteroatoms. The van der Waals surface area contributed by atoms with Crippen LogP contribution in [0, 0.1) is 0 Å². The summed E-state index contributed by atoms with van der Waals surface area (Å²) in [7, 11) is 13.0. The third-order valence-corrected chi connectivity index (χ3v) is 4.14. The van der Waals surface area contributed by atoms with Gasteiger partial charge in [-0.05, 0) is 41.5 Å². The molecule has 0 amide bonds.